The molecular formula is C8H7Cl2NO2. The third kappa shape index (κ3) is 1.76. The molecule has 0 saturated heterocycles. The Morgan fingerprint density at radius 3 is 2.23 bits per heavy atom. The van der Waals surface area contributed by atoms with Gasteiger partial charge < -0.3 is 5.11 Å². The summed E-state index contributed by atoms with van der Waals surface area (Å²) in [7, 11) is 0. The maximum absolute atomic E-state index is 10.7. The summed E-state index contributed by atoms with van der Waals surface area (Å²) in [5.41, 5.74) is 1.21. The van der Waals surface area contributed by atoms with Crippen LogP contribution in [0.1, 0.15) is 21.5 Å². The summed E-state index contributed by atoms with van der Waals surface area (Å²) in [5, 5.41) is 8.97. The predicted molar refractivity (Wildman–Crippen MR) is 50.7 cm³/mol. The van der Waals surface area contributed by atoms with Crippen molar-refractivity contribution in [3.63, 3.8) is 0 Å². The van der Waals surface area contributed by atoms with Crippen LogP contribution in [-0.4, -0.2) is 16.1 Å². The Labute approximate surface area is 85.3 Å². The van der Waals surface area contributed by atoms with Crippen LogP contribution >= 0.6 is 23.2 Å². The van der Waals surface area contributed by atoms with E-state index in [1.54, 1.807) is 13.8 Å². The van der Waals surface area contributed by atoms with E-state index in [0.29, 0.717) is 11.1 Å². The molecule has 0 fully saturated rings. The number of nitrogens with zero attached hydrogens (tertiary/aromatic N) is 1. The van der Waals surface area contributed by atoms with Crippen LogP contribution in [0.15, 0.2) is 0 Å². The largest absolute Gasteiger partial charge is 0.478 e. The van der Waals surface area contributed by atoms with Crippen molar-refractivity contribution >= 4 is 29.2 Å². The number of rotatable bonds is 1. The van der Waals surface area contributed by atoms with Crippen LogP contribution in [0.25, 0.3) is 0 Å². The molecule has 1 aromatic rings. The van der Waals surface area contributed by atoms with Crippen molar-refractivity contribution in [3.05, 3.63) is 27.0 Å². The van der Waals surface area contributed by atoms with Gasteiger partial charge in [0, 0.05) is 0 Å². The molecular weight excluding hydrogens is 213 g/mol. The maximum Gasteiger partial charge on any atom is 0.339 e. The lowest BCUT2D eigenvalue weighted by Gasteiger charge is -2.07. The Bertz CT molecular complexity index is 377. The molecule has 0 amide bonds. The molecule has 0 saturated carbocycles. The Hall–Kier alpha value is -0.800. The second-order valence-electron chi connectivity index (χ2n) is 2.62. The number of carbonyl (C=O) groups is 1. The minimum absolute atomic E-state index is 0.0172. The second-order valence-corrected chi connectivity index (χ2v) is 3.34. The van der Waals surface area contributed by atoms with Gasteiger partial charge in [-0.2, -0.15) is 0 Å². The summed E-state index contributed by atoms with van der Waals surface area (Å²) in [6.45, 7) is 3.35. The van der Waals surface area contributed by atoms with Crippen molar-refractivity contribution in [1.29, 1.82) is 0 Å². The predicted octanol–water partition coefficient (Wildman–Crippen LogP) is 2.70. The van der Waals surface area contributed by atoms with Crippen LogP contribution in [0, 0.1) is 13.8 Å². The molecule has 70 valence electrons. The Balaban J connectivity index is 3.53. The fourth-order valence-electron chi connectivity index (χ4n) is 0.972. The Kier molecular flexibility index (Phi) is 2.78. The molecule has 0 radical (unpaired) electrons. The average Bonchev–Trinajstić information content (AvgIpc) is 1.99. The van der Waals surface area contributed by atoms with Gasteiger partial charge in [-0.05, 0) is 25.0 Å². The van der Waals surface area contributed by atoms with Gasteiger partial charge in [-0.25, -0.2) is 9.78 Å². The van der Waals surface area contributed by atoms with E-state index in [9.17, 15) is 4.79 Å². The normalized spacial score (nSPS) is 10.2. The summed E-state index contributed by atoms with van der Waals surface area (Å²) in [6.07, 6.45) is 0. The molecule has 0 unspecified atom stereocenters. The Morgan fingerprint density at radius 1 is 1.23 bits per heavy atom. The third-order valence-corrected chi connectivity index (χ3v) is 2.50. The van der Waals surface area contributed by atoms with Crippen LogP contribution in [-0.2, 0) is 0 Å². The number of pyridine rings is 1. The first-order chi connectivity index (χ1) is 5.95. The van der Waals surface area contributed by atoms with E-state index in [0.717, 1.165) is 0 Å². The number of carboxylic acids is 1. The molecule has 0 spiro atoms. The third-order valence-electron chi connectivity index (χ3n) is 1.86. The fourth-order valence-corrected chi connectivity index (χ4v) is 1.55. The molecule has 0 aliphatic heterocycles. The number of hydrogen-bond donors (Lipinski definition) is 1. The number of halogens is 2. The summed E-state index contributed by atoms with van der Waals surface area (Å²) in [6, 6.07) is 0. The van der Waals surface area contributed by atoms with Crippen molar-refractivity contribution in [2.45, 2.75) is 13.8 Å². The summed E-state index contributed by atoms with van der Waals surface area (Å²) in [4.78, 5) is 14.4. The van der Waals surface area contributed by atoms with Crippen LogP contribution in [0.2, 0.25) is 10.3 Å². The van der Waals surface area contributed by atoms with E-state index < -0.39 is 5.97 Å². The van der Waals surface area contributed by atoms with Gasteiger partial charge in [0.05, 0.1) is 0 Å². The van der Waals surface area contributed by atoms with Crippen molar-refractivity contribution in [1.82, 2.24) is 4.98 Å². The van der Waals surface area contributed by atoms with Gasteiger partial charge in [0.2, 0.25) is 0 Å². The highest BCUT2D eigenvalue weighted by molar-refractivity contribution is 6.35. The van der Waals surface area contributed by atoms with Gasteiger partial charge in [-0.15, -0.1) is 0 Å². The molecule has 3 nitrogen and oxygen atoms in total. The lowest BCUT2D eigenvalue weighted by atomic mass is 10.1. The summed E-state index contributed by atoms with van der Waals surface area (Å²) < 4.78 is 0. The first-order valence-corrected chi connectivity index (χ1v) is 4.26. The highest BCUT2D eigenvalue weighted by Crippen LogP contribution is 2.25. The minimum Gasteiger partial charge on any atom is -0.478 e. The van der Waals surface area contributed by atoms with E-state index in [2.05, 4.69) is 4.98 Å². The molecule has 1 N–H and O–H groups in total. The molecule has 0 bridgehead atoms. The molecule has 1 rings (SSSR count). The topological polar surface area (TPSA) is 50.2 Å². The average molecular weight is 220 g/mol. The number of carboxylic acid groups (broad SMARTS) is 1. The lowest BCUT2D eigenvalue weighted by molar-refractivity contribution is 0.0696. The highest BCUT2D eigenvalue weighted by atomic mass is 35.5. The van der Waals surface area contributed by atoms with Crippen molar-refractivity contribution in [2.24, 2.45) is 0 Å². The fraction of sp³-hybridized carbons (Fsp3) is 0.250. The van der Waals surface area contributed by atoms with E-state index in [1.807, 2.05) is 0 Å². The Morgan fingerprint density at radius 2 is 1.77 bits per heavy atom. The van der Waals surface area contributed by atoms with Crippen LogP contribution in [0.5, 0.6) is 0 Å². The van der Waals surface area contributed by atoms with Gasteiger partial charge in [-0.1, -0.05) is 23.2 Å². The number of aromatic nitrogens is 1. The van der Waals surface area contributed by atoms with Crippen molar-refractivity contribution in [3.8, 4) is 0 Å². The highest BCUT2D eigenvalue weighted by Gasteiger charge is 2.17. The monoisotopic (exact) mass is 219 g/mol. The van der Waals surface area contributed by atoms with Crippen LogP contribution in [0.4, 0.5) is 0 Å². The van der Waals surface area contributed by atoms with E-state index in [1.165, 1.54) is 0 Å². The van der Waals surface area contributed by atoms with E-state index >= 15 is 0 Å². The SMILES string of the molecule is Cc1c(Cl)nc(Cl)c(C(=O)O)c1C. The molecule has 5 heteroatoms. The second kappa shape index (κ2) is 3.52. The van der Waals surface area contributed by atoms with Crippen molar-refractivity contribution < 1.29 is 9.90 Å². The zero-order chi connectivity index (χ0) is 10.2. The van der Waals surface area contributed by atoms with Gasteiger partial charge in [0.15, 0.2) is 0 Å². The van der Waals surface area contributed by atoms with Crippen LogP contribution < -0.4 is 0 Å². The van der Waals surface area contributed by atoms with Crippen LogP contribution in [0.3, 0.4) is 0 Å². The molecule has 0 aromatic carbocycles. The number of aromatic carboxylic acids is 1. The molecule has 1 aromatic heterocycles. The van der Waals surface area contributed by atoms with Gasteiger partial charge in [0.1, 0.15) is 15.9 Å². The zero-order valence-electron chi connectivity index (χ0n) is 7.06. The smallest absolute Gasteiger partial charge is 0.339 e. The quantitative estimate of drug-likeness (QED) is 0.740. The lowest BCUT2D eigenvalue weighted by Crippen LogP contribution is -2.04. The van der Waals surface area contributed by atoms with E-state index in [-0.39, 0.29) is 15.9 Å². The van der Waals surface area contributed by atoms with Gasteiger partial charge in [-0.3, -0.25) is 0 Å². The molecule has 0 aliphatic carbocycles. The number of hydrogen-bond acceptors (Lipinski definition) is 2. The van der Waals surface area contributed by atoms with E-state index in [4.69, 9.17) is 28.3 Å². The molecule has 0 atom stereocenters. The van der Waals surface area contributed by atoms with Gasteiger partial charge in [0.25, 0.3) is 0 Å². The maximum atomic E-state index is 10.7. The summed E-state index contributed by atoms with van der Waals surface area (Å²) >= 11 is 11.3. The summed E-state index contributed by atoms with van der Waals surface area (Å²) in [5.74, 6) is -1.09. The minimum atomic E-state index is -1.09. The van der Waals surface area contributed by atoms with Gasteiger partial charge >= 0.3 is 5.97 Å². The molecule has 13 heavy (non-hydrogen) atoms. The van der Waals surface area contributed by atoms with Crippen molar-refractivity contribution in [2.75, 3.05) is 0 Å². The molecule has 0 aliphatic rings. The standard InChI is InChI=1S/C8H7Cl2NO2/c1-3-4(2)6(9)11-7(10)5(3)8(12)13/h1-2H3,(H,12,13). The zero-order valence-corrected chi connectivity index (χ0v) is 8.57. The molecule has 1 heterocycles. The first-order valence-electron chi connectivity index (χ1n) is 3.50. The first kappa shape index (κ1) is 10.3.